The van der Waals surface area contributed by atoms with E-state index in [1.165, 1.54) is 0 Å². The van der Waals surface area contributed by atoms with Crippen LogP contribution in [0.4, 0.5) is 17.1 Å². The van der Waals surface area contributed by atoms with Gasteiger partial charge in [0.25, 0.3) is 0 Å². The maximum absolute atomic E-state index is 10.9. The van der Waals surface area contributed by atoms with Gasteiger partial charge in [-0.15, -0.1) is 0 Å². The van der Waals surface area contributed by atoms with E-state index in [0.717, 1.165) is 74.4 Å². The number of phenols is 1. The van der Waals surface area contributed by atoms with Gasteiger partial charge >= 0.3 is 0 Å². The van der Waals surface area contributed by atoms with Crippen LogP contribution in [0.1, 0.15) is 57.1 Å². The van der Waals surface area contributed by atoms with E-state index in [-0.39, 0.29) is 11.2 Å². The molecule has 0 aromatic heterocycles. The number of nitrogens with one attached hydrogen (secondary N) is 2. The van der Waals surface area contributed by atoms with E-state index >= 15 is 0 Å². The minimum Gasteiger partial charge on any atom is -0.506 e. The summed E-state index contributed by atoms with van der Waals surface area (Å²) in [6, 6.07) is 14.6. The molecule has 5 heteroatoms. The molecule has 1 atom stereocenters. The van der Waals surface area contributed by atoms with Crippen molar-refractivity contribution in [3.63, 3.8) is 0 Å². The van der Waals surface area contributed by atoms with Gasteiger partial charge in [-0.25, -0.2) is 0 Å². The van der Waals surface area contributed by atoms with Crippen LogP contribution < -0.4 is 15.5 Å². The van der Waals surface area contributed by atoms with Crippen LogP contribution >= 0.6 is 0 Å². The molecule has 3 N–H and O–H groups in total. The summed E-state index contributed by atoms with van der Waals surface area (Å²) < 4.78 is 0. The lowest BCUT2D eigenvalue weighted by atomic mass is 9.73. The van der Waals surface area contributed by atoms with Crippen molar-refractivity contribution in [1.29, 1.82) is 5.26 Å². The van der Waals surface area contributed by atoms with E-state index in [0.29, 0.717) is 11.6 Å². The molecule has 0 aliphatic carbocycles. The number of rotatable bonds is 6. The average molecular weight is 405 g/mol. The lowest BCUT2D eigenvalue weighted by molar-refractivity contribution is 0.329. The molecule has 1 unspecified atom stereocenters. The fourth-order valence-corrected chi connectivity index (χ4v) is 5.24. The highest BCUT2D eigenvalue weighted by Crippen LogP contribution is 2.54. The average Bonchev–Trinajstić information content (AvgIpc) is 3.10. The molecule has 0 amide bonds. The second-order valence-corrected chi connectivity index (χ2v) is 8.64. The van der Waals surface area contributed by atoms with Gasteiger partial charge < -0.3 is 20.6 Å². The van der Waals surface area contributed by atoms with Gasteiger partial charge in [0.05, 0.1) is 28.7 Å². The normalized spacial score (nSPS) is 18.1. The van der Waals surface area contributed by atoms with Crippen molar-refractivity contribution in [2.75, 3.05) is 29.9 Å². The van der Waals surface area contributed by atoms with E-state index in [9.17, 15) is 10.4 Å². The third kappa shape index (κ3) is 3.50. The first-order valence-corrected chi connectivity index (χ1v) is 11.2. The first kappa shape index (κ1) is 20.6. The number of nitrogens with zero attached hydrogens (tertiary/aromatic N) is 2. The van der Waals surface area contributed by atoms with E-state index in [4.69, 9.17) is 0 Å². The standard InChI is InChI=1S/C25H32N4O/c1-3-7-19(4-2)28-20-8-5-6-9-21(20)29-17-25(12-14-27-15-13-25)23-18(16-26)10-11-22(30)24(23)29/h5-6,8-11,19,27-28,30H,3-4,7,12-15,17H2,1-2H3. The topological polar surface area (TPSA) is 71.3 Å². The Morgan fingerprint density at radius 3 is 2.67 bits per heavy atom. The molecule has 0 saturated carbocycles. The molecular formula is C25H32N4O. The zero-order valence-electron chi connectivity index (χ0n) is 18.0. The SMILES string of the molecule is CCCC(CC)Nc1ccccc1N1CC2(CCNCC2)c2c(C#N)ccc(O)c21. The van der Waals surface area contributed by atoms with Crippen LogP contribution in [0.25, 0.3) is 0 Å². The maximum Gasteiger partial charge on any atom is 0.139 e. The molecule has 4 rings (SSSR count). The molecule has 2 aliphatic rings. The number of aromatic hydroxyl groups is 1. The highest BCUT2D eigenvalue weighted by molar-refractivity contribution is 5.85. The van der Waals surface area contributed by atoms with Crippen molar-refractivity contribution >= 4 is 17.1 Å². The predicted octanol–water partition coefficient (Wildman–Crippen LogP) is 5.03. The molecule has 2 aromatic rings. The number of anilines is 3. The van der Waals surface area contributed by atoms with Gasteiger partial charge in [-0.05, 0) is 63.0 Å². The summed E-state index contributed by atoms with van der Waals surface area (Å²) in [5.74, 6) is 0.259. The van der Waals surface area contributed by atoms with Crippen LogP contribution in [0.5, 0.6) is 5.75 Å². The lowest BCUT2D eigenvalue weighted by Crippen LogP contribution is -2.42. The molecule has 0 radical (unpaired) electrons. The summed E-state index contributed by atoms with van der Waals surface area (Å²) in [6.45, 7) is 7.09. The molecule has 2 aromatic carbocycles. The van der Waals surface area contributed by atoms with Crippen LogP contribution in [0.15, 0.2) is 36.4 Å². The van der Waals surface area contributed by atoms with Gasteiger partial charge in [0.15, 0.2) is 0 Å². The number of hydrogen-bond donors (Lipinski definition) is 3. The van der Waals surface area contributed by atoms with Crippen LogP contribution in [-0.4, -0.2) is 30.8 Å². The molecule has 0 bridgehead atoms. The van der Waals surface area contributed by atoms with Gasteiger partial charge in [0.1, 0.15) is 5.75 Å². The number of para-hydroxylation sites is 2. The van der Waals surface area contributed by atoms with Gasteiger partial charge in [-0.3, -0.25) is 0 Å². The van der Waals surface area contributed by atoms with Crippen LogP contribution in [0.3, 0.4) is 0 Å². The van der Waals surface area contributed by atoms with Crippen LogP contribution in [-0.2, 0) is 5.41 Å². The number of piperidine rings is 1. The zero-order chi connectivity index (χ0) is 21.1. The smallest absolute Gasteiger partial charge is 0.139 e. The molecule has 1 saturated heterocycles. The van der Waals surface area contributed by atoms with Gasteiger partial charge in [0, 0.05) is 23.6 Å². The maximum atomic E-state index is 10.9. The number of benzene rings is 2. The highest BCUT2D eigenvalue weighted by atomic mass is 16.3. The Morgan fingerprint density at radius 2 is 1.97 bits per heavy atom. The summed E-state index contributed by atoms with van der Waals surface area (Å²) >= 11 is 0. The molecule has 5 nitrogen and oxygen atoms in total. The highest BCUT2D eigenvalue weighted by Gasteiger charge is 2.47. The molecule has 1 fully saturated rings. The van der Waals surface area contributed by atoms with Crippen molar-refractivity contribution in [3.8, 4) is 11.8 Å². The first-order valence-electron chi connectivity index (χ1n) is 11.2. The van der Waals surface area contributed by atoms with Crippen molar-refractivity contribution in [1.82, 2.24) is 5.32 Å². The quantitative estimate of drug-likeness (QED) is 0.630. The van der Waals surface area contributed by atoms with Crippen LogP contribution in [0, 0.1) is 11.3 Å². The third-order valence-electron chi connectivity index (χ3n) is 6.78. The summed E-state index contributed by atoms with van der Waals surface area (Å²) in [6.07, 6.45) is 5.27. The van der Waals surface area contributed by atoms with Crippen molar-refractivity contribution in [2.45, 2.75) is 57.4 Å². The number of phenolic OH excluding ortho intramolecular Hbond substituents is 1. The number of nitriles is 1. The Labute approximate surface area is 179 Å². The molecule has 2 aliphatic heterocycles. The molecule has 30 heavy (non-hydrogen) atoms. The minimum absolute atomic E-state index is 0.106. The zero-order valence-corrected chi connectivity index (χ0v) is 18.0. The second-order valence-electron chi connectivity index (χ2n) is 8.64. The van der Waals surface area contributed by atoms with Gasteiger partial charge in [-0.1, -0.05) is 32.4 Å². The molecule has 158 valence electrons. The molecule has 1 spiro atoms. The van der Waals surface area contributed by atoms with Crippen molar-refractivity contribution in [3.05, 3.63) is 47.5 Å². The summed E-state index contributed by atoms with van der Waals surface area (Å²) in [7, 11) is 0. The van der Waals surface area contributed by atoms with E-state index < -0.39 is 0 Å². The van der Waals surface area contributed by atoms with E-state index in [2.05, 4.69) is 59.7 Å². The second kappa shape index (κ2) is 8.57. The monoisotopic (exact) mass is 404 g/mol. The number of fused-ring (bicyclic) bond motifs is 2. The number of hydrogen-bond acceptors (Lipinski definition) is 5. The molecular weight excluding hydrogens is 372 g/mol. The lowest BCUT2D eigenvalue weighted by Gasteiger charge is -2.35. The summed E-state index contributed by atoms with van der Waals surface area (Å²) in [5.41, 5.74) is 4.60. The summed E-state index contributed by atoms with van der Waals surface area (Å²) in [4.78, 5) is 2.25. The first-order chi connectivity index (χ1) is 14.6. The Balaban J connectivity index is 1.82. The Kier molecular flexibility index (Phi) is 5.87. The Hall–Kier alpha value is -2.71. The summed E-state index contributed by atoms with van der Waals surface area (Å²) in [5, 5.41) is 28.0. The fourth-order valence-electron chi connectivity index (χ4n) is 5.24. The minimum atomic E-state index is -0.106. The Bertz CT molecular complexity index is 943. The third-order valence-corrected chi connectivity index (χ3v) is 6.78. The fraction of sp³-hybridized carbons (Fsp3) is 0.480. The van der Waals surface area contributed by atoms with E-state index in [1.807, 2.05) is 0 Å². The van der Waals surface area contributed by atoms with Crippen LogP contribution in [0.2, 0.25) is 0 Å². The van der Waals surface area contributed by atoms with Crippen molar-refractivity contribution in [2.24, 2.45) is 0 Å². The molecule has 2 heterocycles. The van der Waals surface area contributed by atoms with Gasteiger partial charge in [0.2, 0.25) is 0 Å². The predicted molar refractivity (Wildman–Crippen MR) is 123 cm³/mol. The van der Waals surface area contributed by atoms with Crippen molar-refractivity contribution < 1.29 is 5.11 Å². The Morgan fingerprint density at radius 1 is 1.20 bits per heavy atom. The largest absolute Gasteiger partial charge is 0.506 e. The van der Waals surface area contributed by atoms with Gasteiger partial charge in [-0.2, -0.15) is 5.26 Å². The van der Waals surface area contributed by atoms with E-state index in [1.54, 1.807) is 12.1 Å².